The molecule has 1 N–H and O–H groups in total. The van der Waals surface area contributed by atoms with Gasteiger partial charge in [-0.05, 0) is 37.2 Å². The zero-order valence-electron chi connectivity index (χ0n) is 11.6. The lowest BCUT2D eigenvalue weighted by Gasteiger charge is -2.13. The van der Waals surface area contributed by atoms with Gasteiger partial charge in [0.15, 0.2) is 0 Å². The lowest BCUT2D eigenvalue weighted by molar-refractivity contribution is -0.122. The highest BCUT2D eigenvalue weighted by Gasteiger charge is 2.25. The Morgan fingerprint density at radius 3 is 2.84 bits per heavy atom. The number of ether oxygens (including phenoxy) is 1. The molecule has 0 spiro atoms. The van der Waals surface area contributed by atoms with Crippen LogP contribution < -0.4 is 5.32 Å². The predicted molar refractivity (Wildman–Crippen MR) is 75.9 cm³/mol. The van der Waals surface area contributed by atoms with Gasteiger partial charge in [-0.2, -0.15) is 0 Å². The summed E-state index contributed by atoms with van der Waals surface area (Å²) >= 11 is 0. The van der Waals surface area contributed by atoms with Crippen molar-refractivity contribution in [2.24, 2.45) is 5.92 Å². The first-order valence-electron chi connectivity index (χ1n) is 7.10. The number of benzene rings is 1. The zero-order chi connectivity index (χ0) is 13.5. The zero-order valence-corrected chi connectivity index (χ0v) is 11.6. The smallest absolute Gasteiger partial charge is 0.222 e. The van der Waals surface area contributed by atoms with Crippen molar-refractivity contribution in [2.75, 3.05) is 13.7 Å². The number of carbonyl (C=O) groups is 1. The van der Waals surface area contributed by atoms with E-state index in [1.165, 1.54) is 12.0 Å². The Bertz CT molecular complexity index is 391. The fourth-order valence-corrected chi connectivity index (χ4v) is 2.83. The normalized spacial score (nSPS) is 22.4. The quantitative estimate of drug-likeness (QED) is 0.854. The molecule has 0 bridgehead atoms. The monoisotopic (exact) mass is 261 g/mol. The number of rotatable bonds is 6. The first-order valence-corrected chi connectivity index (χ1v) is 7.10. The molecule has 104 valence electrons. The van der Waals surface area contributed by atoms with Crippen molar-refractivity contribution in [3.05, 3.63) is 35.9 Å². The summed E-state index contributed by atoms with van der Waals surface area (Å²) in [6.07, 6.45) is 5.02. The molecule has 2 rings (SSSR count). The first-order chi connectivity index (χ1) is 9.28. The van der Waals surface area contributed by atoms with E-state index < -0.39 is 0 Å². The van der Waals surface area contributed by atoms with E-state index in [1.54, 1.807) is 7.11 Å². The summed E-state index contributed by atoms with van der Waals surface area (Å²) < 4.78 is 4.92. The van der Waals surface area contributed by atoms with Crippen LogP contribution >= 0.6 is 0 Å². The average Bonchev–Trinajstić information content (AvgIpc) is 2.85. The fraction of sp³-hybridized carbons (Fsp3) is 0.562. The van der Waals surface area contributed by atoms with Gasteiger partial charge >= 0.3 is 0 Å². The van der Waals surface area contributed by atoms with Gasteiger partial charge in [-0.1, -0.05) is 30.3 Å². The molecule has 0 heterocycles. The van der Waals surface area contributed by atoms with Crippen molar-refractivity contribution in [1.82, 2.24) is 5.32 Å². The maximum Gasteiger partial charge on any atom is 0.222 e. The lowest BCUT2D eigenvalue weighted by Crippen LogP contribution is -2.33. The minimum atomic E-state index is 0.118. The first kappa shape index (κ1) is 14.1. The summed E-state index contributed by atoms with van der Waals surface area (Å²) in [5, 5.41) is 3.11. The van der Waals surface area contributed by atoms with Crippen molar-refractivity contribution < 1.29 is 9.53 Å². The molecule has 2 unspecified atom stereocenters. The molecule has 1 aliphatic carbocycles. The maximum absolute atomic E-state index is 11.6. The van der Waals surface area contributed by atoms with Crippen molar-refractivity contribution in [2.45, 2.75) is 38.1 Å². The topological polar surface area (TPSA) is 38.3 Å². The number of nitrogens with one attached hydrogen (secondary N) is 1. The highest BCUT2D eigenvalue weighted by atomic mass is 16.5. The third-order valence-corrected chi connectivity index (χ3v) is 3.81. The lowest BCUT2D eigenvalue weighted by atomic mass is 9.98. The number of hydrogen-bond donors (Lipinski definition) is 1. The third kappa shape index (κ3) is 4.67. The highest BCUT2D eigenvalue weighted by molar-refractivity contribution is 5.76. The molecule has 0 saturated heterocycles. The Morgan fingerprint density at radius 2 is 2.11 bits per heavy atom. The van der Waals surface area contributed by atoms with E-state index in [0.717, 1.165) is 19.3 Å². The second kappa shape index (κ2) is 7.29. The van der Waals surface area contributed by atoms with Gasteiger partial charge in [-0.25, -0.2) is 0 Å². The Morgan fingerprint density at radius 1 is 1.32 bits per heavy atom. The molecule has 0 radical (unpaired) electrons. The van der Waals surface area contributed by atoms with Gasteiger partial charge in [0.25, 0.3) is 0 Å². The molecule has 1 fully saturated rings. The molecule has 1 aliphatic rings. The molecule has 0 aliphatic heterocycles. The Labute approximate surface area is 115 Å². The van der Waals surface area contributed by atoms with Crippen LogP contribution in [0.4, 0.5) is 0 Å². The van der Waals surface area contributed by atoms with E-state index in [-0.39, 0.29) is 5.91 Å². The standard InChI is InChI=1S/C16H23NO2/c1-19-10-9-16(18)17-15-8-7-14(12-15)11-13-5-3-2-4-6-13/h2-6,14-15H,7-12H2,1H3,(H,17,18). The van der Waals surface area contributed by atoms with Crippen LogP contribution in [0, 0.1) is 5.92 Å². The largest absolute Gasteiger partial charge is 0.384 e. The van der Waals surface area contributed by atoms with Crippen molar-refractivity contribution in [1.29, 1.82) is 0 Å². The molecular formula is C16H23NO2. The van der Waals surface area contributed by atoms with Gasteiger partial charge in [-0.3, -0.25) is 4.79 Å². The molecule has 3 heteroatoms. The molecule has 3 nitrogen and oxygen atoms in total. The van der Waals surface area contributed by atoms with Crippen molar-refractivity contribution in [3.8, 4) is 0 Å². The van der Waals surface area contributed by atoms with Crippen LogP contribution in [0.15, 0.2) is 30.3 Å². The van der Waals surface area contributed by atoms with Crippen LogP contribution in [0.1, 0.15) is 31.2 Å². The van der Waals surface area contributed by atoms with Crippen molar-refractivity contribution in [3.63, 3.8) is 0 Å². The van der Waals surface area contributed by atoms with Crippen LogP contribution in [-0.4, -0.2) is 25.7 Å². The minimum Gasteiger partial charge on any atom is -0.384 e. The second-order valence-corrected chi connectivity index (χ2v) is 5.38. The van der Waals surface area contributed by atoms with Gasteiger partial charge < -0.3 is 10.1 Å². The molecule has 1 saturated carbocycles. The summed E-state index contributed by atoms with van der Waals surface area (Å²) in [4.78, 5) is 11.6. The fourth-order valence-electron chi connectivity index (χ4n) is 2.83. The Hall–Kier alpha value is -1.35. The minimum absolute atomic E-state index is 0.118. The van der Waals surface area contributed by atoms with Gasteiger partial charge in [-0.15, -0.1) is 0 Å². The molecule has 1 aromatic rings. The number of carbonyl (C=O) groups excluding carboxylic acids is 1. The van der Waals surface area contributed by atoms with Gasteiger partial charge in [0.05, 0.1) is 6.61 Å². The summed E-state index contributed by atoms with van der Waals surface area (Å²) in [7, 11) is 1.62. The number of hydrogen-bond acceptors (Lipinski definition) is 2. The van der Waals surface area contributed by atoms with Crippen LogP contribution in [0.2, 0.25) is 0 Å². The van der Waals surface area contributed by atoms with Gasteiger partial charge in [0.2, 0.25) is 5.91 Å². The SMILES string of the molecule is COCCC(=O)NC1CCC(Cc2ccccc2)C1. The van der Waals surface area contributed by atoms with Gasteiger partial charge in [0, 0.05) is 19.6 Å². The second-order valence-electron chi connectivity index (χ2n) is 5.38. The van der Waals surface area contributed by atoms with E-state index >= 15 is 0 Å². The van der Waals surface area contributed by atoms with E-state index in [0.29, 0.717) is 25.0 Å². The molecule has 2 atom stereocenters. The van der Waals surface area contributed by atoms with Crippen LogP contribution in [0.5, 0.6) is 0 Å². The summed E-state index contributed by atoms with van der Waals surface area (Å²) in [5.74, 6) is 0.822. The molecule has 1 aromatic carbocycles. The van der Waals surface area contributed by atoms with E-state index in [4.69, 9.17) is 4.74 Å². The van der Waals surface area contributed by atoms with Crippen molar-refractivity contribution >= 4 is 5.91 Å². The predicted octanol–water partition coefficient (Wildman–Crippen LogP) is 2.55. The van der Waals surface area contributed by atoms with Crippen LogP contribution in [0.3, 0.4) is 0 Å². The van der Waals surface area contributed by atoms with Crippen LogP contribution in [-0.2, 0) is 16.0 Å². The number of amides is 1. The highest BCUT2D eigenvalue weighted by Crippen LogP contribution is 2.28. The summed E-state index contributed by atoms with van der Waals surface area (Å²) in [5.41, 5.74) is 1.40. The Kier molecular flexibility index (Phi) is 5.40. The maximum atomic E-state index is 11.6. The molecule has 0 aromatic heterocycles. The van der Waals surface area contributed by atoms with E-state index in [1.807, 2.05) is 0 Å². The molecule has 1 amide bonds. The summed E-state index contributed by atoms with van der Waals surface area (Å²) in [6, 6.07) is 11.0. The average molecular weight is 261 g/mol. The Balaban J connectivity index is 1.72. The third-order valence-electron chi connectivity index (χ3n) is 3.81. The van der Waals surface area contributed by atoms with E-state index in [9.17, 15) is 4.79 Å². The molecular weight excluding hydrogens is 238 g/mol. The van der Waals surface area contributed by atoms with Crippen LogP contribution in [0.25, 0.3) is 0 Å². The molecule has 19 heavy (non-hydrogen) atoms. The summed E-state index contributed by atoms with van der Waals surface area (Å²) in [6.45, 7) is 0.506. The van der Waals surface area contributed by atoms with E-state index in [2.05, 4.69) is 35.6 Å². The number of methoxy groups -OCH3 is 1. The van der Waals surface area contributed by atoms with Gasteiger partial charge in [0.1, 0.15) is 0 Å².